The molecule has 1 N–H and O–H groups in total. The number of nitrogens with one attached hydrogen (secondary N) is 1. The van der Waals surface area contributed by atoms with E-state index in [1.807, 2.05) is 19.3 Å². The molecule has 0 saturated heterocycles. The summed E-state index contributed by atoms with van der Waals surface area (Å²) in [5.41, 5.74) is 1.17. The number of amides is 1. The summed E-state index contributed by atoms with van der Waals surface area (Å²) in [7, 11) is 3.71. The van der Waals surface area contributed by atoms with E-state index in [0.29, 0.717) is 31.4 Å². The molecule has 1 fully saturated rings. The second kappa shape index (κ2) is 9.94. The second-order valence-electron chi connectivity index (χ2n) is 7.02. The van der Waals surface area contributed by atoms with Gasteiger partial charge in [0.15, 0.2) is 5.16 Å². The van der Waals surface area contributed by atoms with Crippen molar-refractivity contribution in [2.45, 2.75) is 56.3 Å². The van der Waals surface area contributed by atoms with E-state index in [2.05, 4.69) is 30.7 Å². The number of aryl methyl sites for hydroxylation is 1. The van der Waals surface area contributed by atoms with Gasteiger partial charge in [-0.3, -0.25) is 4.79 Å². The predicted octanol–water partition coefficient (Wildman–Crippen LogP) is 2.39. The second-order valence-corrected chi connectivity index (χ2v) is 7.96. The van der Waals surface area contributed by atoms with Crippen molar-refractivity contribution in [2.24, 2.45) is 7.05 Å². The van der Waals surface area contributed by atoms with E-state index in [0.717, 1.165) is 23.8 Å². The molecule has 2 aromatic rings. The Hall–Kier alpha value is -1.80. The maximum atomic E-state index is 12.3. The zero-order valence-corrected chi connectivity index (χ0v) is 17.0. The van der Waals surface area contributed by atoms with Crippen molar-refractivity contribution < 1.29 is 9.53 Å². The van der Waals surface area contributed by atoms with Gasteiger partial charge in [-0.2, -0.15) is 0 Å². The van der Waals surface area contributed by atoms with Gasteiger partial charge >= 0.3 is 0 Å². The molecule has 1 amide bonds. The third-order valence-electron chi connectivity index (χ3n) is 5.01. The van der Waals surface area contributed by atoms with Gasteiger partial charge in [0, 0.05) is 45.1 Å². The van der Waals surface area contributed by atoms with E-state index in [1.54, 1.807) is 7.11 Å². The van der Waals surface area contributed by atoms with Crippen molar-refractivity contribution >= 4 is 17.7 Å². The van der Waals surface area contributed by atoms with Gasteiger partial charge in [0.05, 0.1) is 12.4 Å². The Labute approximate surface area is 164 Å². The van der Waals surface area contributed by atoms with E-state index in [-0.39, 0.29) is 5.91 Å². The Morgan fingerprint density at radius 3 is 2.85 bits per heavy atom. The first-order chi connectivity index (χ1) is 13.2. The lowest BCUT2D eigenvalue weighted by Gasteiger charge is -2.22. The number of thioether (sulfide) groups is 1. The number of carbonyl (C=O) groups excluding carboxylic acids is 1. The predicted molar refractivity (Wildman–Crippen MR) is 106 cm³/mol. The monoisotopic (exact) mass is 391 g/mol. The van der Waals surface area contributed by atoms with Gasteiger partial charge in [-0.25, -0.2) is 0 Å². The third kappa shape index (κ3) is 5.59. The number of methoxy groups -OCH3 is 1. The molecule has 3 rings (SSSR count). The zero-order valence-electron chi connectivity index (χ0n) is 16.2. The Kier molecular flexibility index (Phi) is 7.34. The van der Waals surface area contributed by atoms with Gasteiger partial charge in [0.1, 0.15) is 5.82 Å². The quantitative estimate of drug-likeness (QED) is 0.665. The van der Waals surface area contributed by atoms with E-state index < -0.39 is 0 Å². The Balaban J connectivity index is 1.61. The lowest BCUT2D eigenvalue weighted by Crippen LogP contribution is -2.37. The highest BCUT2D eigenvalue weighted by atomic mass is 32.2. The molecule has 0 unspecified atom stereocenters. The van der Waals surface area contributed by atoms with Crippen LogP contribution < -0.4 is 5.32 Å². The Morgan fingerprint density at radius 1 is 1.33 bits per heavy atom. The fraction of sp³-hybridized carbons (Fsp3) is 0.632. The van der Waals surface area contributed by atoms with Gasteiger partial charge in [0.25, 0.3) is 0 Å². The minimum absolute atomic E-state index is 0.0807. The molecule has 8 heteroatoms. The molecule has 0 radical (unpaired) electrons. The third-order valence-corrected chi connectivity index (χ3v) is 5.97. The Morgan fingerprint density at radius 2 is 2.15 bits per heavy atom. The number of ether oxygens (including phenoxy) is 1. The van der Waals surface area contributed by atoms with Crippen LogP contribution in [0.3, 0.4) is 0 Å². The van der Waals surface area contributed by atoms with Gasteiger partial charge in [-0.15, -0.1) is 10.2 Å². The number of hydrogen-bond donors (Lipinski definition) is 1. The van der Waals surface area contributed by atoms with Crippen LogP contribution in [0.1, 0.15) is 43.6 Å². The minimum Gasteiger partial charge on any atom is -0.383 e. The zero-order chi connectivity index (χ0) is 19.1. The van der Waals surface area contributed by atoms with Crippen LogP contribution in [0.25, 0.3) is 0 Å². The molecule has 0 atom stereocenters. The van der Waals surface area contributed by atoms with Gasteiger partial charge < -0.3 is 19.2 Å². The van der Waals surface area contributed by atoms with Crippen LogP contribution >= 0.6 is 11.8 Å². The average molecular weight is 392 g/mol. The van der Waals surface area contributed by atoms with Crippen molar-refractivity contribution in [3.8, 4) is 0 Å². The van der Waals surface area contributed by atoms with Crippen molar-refractivity contribution in [1.82, 2.24) is 24.6 Å². The molecule has 148 valence electrons. The number of aromatic nitrogens is 4. The highest BCUT2D eigenvalue weighted by molar-refractivity contribution is 7.99. The largest absolute Gasteiger partial charge is 0.383 e. The molecular weight excluding hydrogens is 362 g/mol. The molecule has 1 saturated carbocycles. The minimum atomic E-state index is 0.0807. The first-order valence-electron chi connectivity index (χ1n) is 9.60. The van der Waals surface area contributed by atoms with Crippen LogP contribution in [0.2, 0.25) is 0 Å². The normalized spacial score (nSPS) is 15.2. The van der Waals surface area contributed by atoms with E-state index in [9.17, 15) is 4.79 Å². The van der Waals surface area contributed by atoms with Crippen LogP contribution in [0.15, 0.2) is 23.5 Å². The molecule has 0 aliphatic heterocycles. The fourth-order valence-corrected chi connectivity index (χ4v) is 4.25. The molecule has 0 spiro atoms. The lowest BCUT2D eigenvalue weighted by atomic mass is 9.95. The van der Waals surface area contributed by atoms with Gasteiger partial charge in [-0.05, 0) is 25.0 Å². The molecule has 1 aliphatic rings. The summed E-state index contributed by atoms with van der Waals surface area (Å²) in [6.07, 6.45) is 8.64. The number of rotatable bonds is 9. The summed E-state index contributed by atoms with van der Waals surface area (Å²) in [4.78, 5) is 12.3. The average Bonchev–Trinajstić information content (AvgIpc) is 3.25. The topological polar surface area (TPSA) is 74.0 Å². The van der Waals surface area contributed by atoms with Crippen molar-refractivity contribution in [3.05, 3.63) is 29.8 Å². The fourth-order valence-electron chi connectivity index (χ4n) is 3.45. The Bertz CT molecular complexity index is 736. The highest BCUT2D eigenvalue weighted by Gasteiger charge is 2.18. The van der Waals surface area contributed by atoms with Crippen LogP contribution in [0.5, 0.6) is 0 Å². The lowest BCUT2D eigenvalue weighted by molar-refractivity contribution is -0.119. The smallest absolute Gasteiger partial charge is 0.230 e. The molecule has 0 bridgehead atoms. The van der Waals surface area contributed by atoms with Crippen molar-refractivity contribution in [2.75, 3.05) is 19.5 Å². The maximum absolute atomic E-state index is 12.3. The summed E-state index contributed by atoms with van der Waals surface area (Å²) >= 11 is 1.45. The summed E-state index contributed by atoms with van der Waals surface area (Å²) < 4.78 is 9.39. The molecule has 2 heterocycles. The van der Waals surface area contributed by atoms with Crippen molar-refractivity contribution in [3.63, 3.8) is 0 Å². The summed E-state index contributed by atoms with van der Waals surface area (Å²) in [6.45, 7) is 1.26. The molecule has 2 aromatic heterocycles. The van der Waals surface area contributed by atoms with E-state index in [4.69, 9.17) is 4.74 Å². The molecule has 27 heavy (non-hydrogen) atoms. The molecule has 0 aromatic carbocycles. The highest BCUT2D eigenvalue weighted by Crippen LogP contribution is 2.20. The van der Waals surface area contributed by atoms with Crippen LogP contribution in [-0.2, 0) is 29.5 Å². The maximum Gasteiger partial charge on any atom is 0.230 e. The number of nitrogens with zero attached hydrogens (tertiary/aromatic N) is 4. The van der Waals surface area contributed by atoms with Crippen molar-refractivity contribution in [1.29, 1.82) is 0 Å². The first kappa shape index (κ1) is 19.9. The van der Waals surface area contributed by atoms with Gasteiger partial charge in [-0.1, -0.05) is 31.0 Å². The number of carbonyl (C=O) groups is 1. The number of hydrogen-bond acceptors (Lipinski definition) is 5. The SMILES string of the molecule is COCCn1c(Cc2cccn2C)nnc1SCC(=O)NC1CCCCC1. The van der Waals surface area contributed by atoms with E-state index >= 15 is 0 Å². The molecular formula is C19H29N5O2S. The van der Waals surface area contributed by atoms with Crippen LogP contribution in [0.4, 0.5) is 0 Å². The summed E-state index contributed by atoms with van der Waals surface area (Å²) in [6, 6.07) is 4.45. The first-order valence-corrected chi connectivity index (χ1v) is 10.6. The summed E-state index contributed by atoms with van der Waals surface area (Å²) in [5, 5.41) is 12.6. The van der Waals surface area contributed by atoms with Gasteiger partial charge in [0.2, 0.25) is 5.91 Å². The summed E-state index contributed by atoms with van der Waals surface area (Å²) in [5.74, 6) is 1.34. The standard InChI is InChI=1S/C19H29N5O2S/c1-23-10-6-9-16(23)13-17-21-22-19(24(17)11-12-26-2)27-14-18(25)20-15-7-4-3-5-8-15/h6,9-10,15H,3-5,7-8,11-14H2,1-2H3,(H,20,25). The van der Waals surface area contributed by atoms with Crippen LogP contribution in [-0.4, -0.2) is 50.8 Å². The van der Waals surface area contributed by atoms with Crippen LogP contribution in [0, 0.1) is 0 Å². The van der Waals surface area contributed by atoms with E-state index in [1.165, 1.54) is 36.7 Å². The molecule has 1 aliphatic carbocycles. The molecule has 7 nitrogen and oxygen atoms in total.